The predicted octanol–water partition coefficient (Wildman–Crippen LogP) is 13.6. The molecule has 1 unspecified atom stereocenters. The van der Waals surface area contributed by atoms with Gasteiger partial charge in [-0.2, -0.15) is 0 Å². The standard InChI is InChI=1S/C45H82O6/c1-4-7-10-13-16-19-21-23-26-29-32-35-38-44(47)50-41-42(40-49-43(46)37-34-31-28-25-18-15-12-9-6-3)51-45(48)39-36-33-30-27-24-22-20-17-14-11-8-5-2/h7,10,16,19,42H,4-6,8-9,11-15,17-18,20-41H2,1-3H3/b10-7-,19-16-. The molecule has 0 saturated heterocycles. The molecule has 6 heteroatoms. The Hall–Kier alpha value is -2.11. The summed E-state index contributed by atoms with van der Waals surface area (Å²) in [6.07, 6.45) is 43.0. The number of hydrogen-bond acceptors (Lipinski definition) is 6. The summed E-state index contributed by atoms with van der Waals surface area (Å²) in [5.41, 5.74) is 0. The third-order valence-electron chi connectivity index (χ3n) is 9.47. The van der Waals surface area contributed by atoms with E-state index in [0.717, 1.165) is 83.5 Å². The van der Waals surface area contributed by atoms with Crippen LogP contribution in [0.25, 0.3) is 0 Å². The average Bonchev–Trinajstić information content (AvgIpc) is 3.12. The van der Waals surface area contributed by atoms with Crippen molar-refractivity contribution in [3.63, 3.8) is 0 Å². The van der Waals surface area contributed by atoms with Gasteiger partial charge in [0.15, 0.2) is 6.10 Å². The van der Waals surface area contributed by atoms with Gasteiger partial charge in [0, 0.05) is 19.3 Å². The Labute approximate surface area is 315 Å². The zero-order valence-corrected chi connectivity index (χ0v) is 33.9. The number of rotatable bonds is 39. The molecule has 0 N–H and O–H groups in total. The molecule has 0 aromatic carbocycles. The van der Waals surface area contributed by atoms with Crippen LogP contribution in [0.4, 0.5) is 0 Å². The Morgan fingerprint density at radius 2 is 0.765 bits per heavy atom. The molecule has 0 rings (SSSR count). The summed E-state index contributed by atoms with van der Waals surface area (Å²) < 4.78 is 16.6. The maximum Gasteiger partial charge on any atom is 0.306 e. The van der Waals surface area contributed by atoms with Crippen LogP contribution in [0.5, 0.6) is 0 Å². The normalized spacial score (nSPS) is 12.1. The molecule has 0 fully saturated rings. The van der Waals surface area contributed by atoms with Crippen LogP contribution in [0.1, 0.15) is 226 Å². The SMILES string of the molecule is CC/C=C\C/C=C\CCCCCCCC(=O)OCC(COC(=O)CCCCCCCCCCC)OC(=O)CCCCCCCCCCCCCC. The van der Waals surface area contributed by atoms with E-state index >= 15 is 0 Å². The van der Waals surface area contributed by atoms with Gasteiger partial charge in [0.25, 0.3) is 0 Å². The van der Waals surface area contributed by atoms with Crippen molar-refractivity contribution >= 4 is 17.9 Å². The zero-order valence-electron chi connectivity index (χ0n) is 33.9. The highest BCUT2D eigenvalue weighted by atomic mass is 16.6. The van der Waals surface area contributed by atoms with E-state index in [1.807, 2.05) is 0 Å². The van der Waals surface area contributed by atoms with Crippen molar-refractivity contribution in [1.82, 2.24) is 0 Å². The first kappa shape index (κ1) is 48.9. The number of esters is 3. The van der Waals surface area contributed by atoms with E-state index < -0.39 is 6.10 Å². The first-order valence-electron chi connectivity index (χ1n) is 21.8. The number of unbranched alkanes of at least 4 members (excludes halogenated alkanes) is 24. The molecule has 0 radical (unpaired) electrons. The smallest absolute Gasteiger partial charge is 0.306 e. The Bertz CT molecular complexity index is 835. The van der Waals surface area contributed by atoms with Gasteiger partial charge in [-0.25, -0.2) is 0 Å². The van der Waals surface area contributed by atoms with E-state index in [2.05, 4.69) is 45.1 Å². The minimum Gasteiger partial charge on any atom is -0.462 e. The average molecular weight is 719 g/mol. The molecule has 1 atom stereocenters. The van der Waals surface area contributed by atoms with Crippen LogP contribution >= 0.6 is 0 Å². The monoisotopic (exact) mass is 719 g/mol. The van der Waals surface area contributed by atoms with Gasteiger partial charge in [0.05, 0.1) is 0 Å². The third kappa shape index (κ3) is 38.9. The van der Waals surface area contributed by atoms with E-state index in [9.17, 15) is 14.4 Å². The van der Waals surface area contributed by atoms with Crippen molar-refractivity contribution in [1.29, 1.82) is 0 Å². The van der Waals surface area contributed by atoms with Crippen LogP contribution in [0.15, 0.2) is 24.3 Å². The van der Waals surface area contributed by atoms with Crippen LogP contribution in [-0.4, -0.2) is 37.2 Å². The maximum absolute atomic E-state index is 12.7. The van der Waals surface area contributed by atoms with Crippen LogP contribution in [0, 0.1) is 0 Å². The summed E-state index contributed by atoms with van der Waals surface area (Å²) >= 11 is 0. The number of carbonyl (C=O) groups is 3. The lowest BCUT2D eigenvalue weighted by Crippen LogP contribution is -2.30. The molecule has 298 valence electrons. The highest BCUT2D eigenvalue weighted by Gasteiger charge is 2.19. The van der Waals surface area contributed by atoms with Crippen molar-refractivity contribution < 1.29 is 28.6 Å². The molecule has 0 aliphatic carbocycles. The molecule has 0 aliphatic heterocycles. The van der Waals surface area contributed by atoms with E-state index in [4.69, 9.17) is 14.2 Å². The highest BCUT2D eigenvalue weighted by Crippen LogP contribution is 2.15. The third-order valence-corrected chi connectivity index (χ3v) is 9.47. The Balaban J connectivity index is 4.36. The van der Waals surface area contributed by atoms with Crippen LogP contribution < -0.4 is 0 Å². The van der Waals surface area contributed by atoms with Gasteiger partial charge < -0.3 is 14.2 Å². The zero-order chi connectivity index (χ0) is 37.3. The van der Waals surface area contributed by atoms with Gasteiger partial charge in [-0.3, -0.25) is 14.4 Å². The minimum absolute atomic E-state index is 0.0724. The summed E-state index contributed by atoms with van der Waals surface area (Å²) in [5, 5.41) is 0. The summed E-state index contributed by atoms with van der Waals surface area (Å²) in [4.78, 5) is 37.6. The molecule has 0 aliphatic rings. The topological polar surface area (TPSA) is 78.9 Å². The summed E-state index contributed by atoms with van der Waals surface area (Å²) in [6, 6.07) is 0. The second-order valence-electron chi connectivity index (χ2n) is 14.6. The van der Waals surface area contributed by atoms with Gasteiger partial charge in [0.2, 0.25) is 0 Å². The molecule has 0 aromatic heterocycles. The first-order valence-corrected chi connectivity index (χ1v) is 21.8. The Morgan fingerprint density at radius 1 is 0.412 bits per heavy atom. The molecule has 0 amide bonds. The van der Waals surface area contributed by atoms with Gasteiger partial charge in [-0.1, -0.05) is 186 Å². The second kappa shape index (κ2) is 40.7. The quantitative estimate of drug-likeness (QED) is 0.0272. The van der Waals surface area contributed by atoms with Crippen molar-refractivity contribution in [2.45, 2.75) is 232 Å². The van der Waals surface area contributed by atoms with E-state index in [0.29, 0.717) is 19.3 Å². The van der Waals surface area contributed by atoms with E-state index in [1.54, 1.807) is 0 Å². The van der Waals surface area contributed by atoms with Crippen LogP contribution in [0.2, 0.25) is 0 Å². The minimum atomic E-state index is -0.767. The molecule has 0 spiro atoms. The lowest BCUT2D eigenvalue weighted by atomic mass is 10.0. The van der Waals surface area contributed by atoms with Crippen LogP contribution in [-0.2, 0) is 28.6 Å². The highest BCUT2D eigenvalue weighted by molar-refractivity contribution is 5.71. The molecule has 0 bridgehead atoms. The van der Waals surface area contributed by atoms with Gasteiger partial charge in [0.1, 0.15) is 13.2 Å². The van der Waals surface area contributed by atoms with E-state index in [1.165, 1.54) is 103 Å². The van der Waals surface area contributed by atoms with Crippen LogP contribution in [0.3, 0.4) is 0 Å². The summed E-state index contributed by atoms with van der Waals surface area (Å²) in [6.45, 7) is 6.49. The number of allylic oxidation sites excluding steroid dienone is 4. The molecule has 0 saturated carbocycles. The Kier molecular flexibility index (Phi) is 39.0. The lowest BCUT2D eigenvalue weighted by Gasteiger charge is -2.18. The number of ether oxygens (including phenoxy) is 3. The number of carbonyl (C=O) groups excluding carboxylic acids is 3. The fourth-order valence-corrected chi connectivity index (χ4v) is 6.18. The van der Waals surface area contributed by atoms with Gasteiger partial charge in [-0.15, -0.1) is 0 Å². The molecule has 51 heavy (non-hydrogen) atoms. The lowest BCUT2D eigenvalue weighted by molar-refractivity contribution is -0.167. The van der Waals surface area contributed by atoms with E-state index in [-0.39, 0.29) is 31.1 Å². The first-order chi connectivity index (χ1) is 25.0. The van der Waals surface area contributed by atoms with Crippen molar-refractivity contribution in [2.24, 2.45) is 0 Å². The predicted molar refractivity (Wildman–Crippen MR) is 215 cm³/mol. The largest absolute Gasteiger partial charge is 0.462 e. The molecule has 6 nitrogen and oxygen atoms in total. The molecule has 0 aromatic rings. The fraction of sp³-hybridized carbons (Fsp3) is 0.844. The fourth-order valence-electron chi connectivity index (χ4n) is 6.18. The molecule has 0 heterocycles. The molecular weight excluding hydrogens is 636 g/mol. The number of hydrogen-bond donors (Lipinski definition) is 0. The van der Waals surface area contributed by atoms with Crippen molar-refractivity contribution in [3.05, 3.63) is 24.3 Å². The summed E-state index contributed by atoms with van der Waals surface area (Å²) in [5.74, 6) is -0.887. The maximum atomic E-state index is 12.7. The second-order valence-corrected chi connectivity index (χ2v) is 14.6. The van der Waals surface area contributed by atoms with Crippen molar-refractivity contribution in [3.8, 4) is 0 Å². The molecular formula is C45H82O6. The summed E-state index contributed by atoms with van der Waals surface area (Å²) in [7, 11) is 0. The Morgan fingerprint density at radius 3 is 1.18 bits per heavy atom. The van der Waals surface area contributed by atoms with Gasteiger partial charge >= 0.3 is 17.9 Å². The van der Waals surface area contributed by atoms with Gasteiger partial charge in [-0.05, 0) is 44.9 Å². The van der Waals surface area contributed by atoms with Crippen molar-refractivity contribution in [2.75, 3.05) is 13.2 Å².